The van der Waals surface area contributed by atoms with Crippen molar-refractivity contribution >= 4 is 11.9 Å². The number of carbonyl (C=O) groups excluding carboxylic acids is 1. The number of rotatable bonds is 5. The molecule has 0 radical (unpaired) electrons. The van der Waals surface area contributed by atoms with Crippen molar-refractivity contribution in [2.24, 2.45) is 0 Å². The van der Waals surface area contributed by atoms with Gasteiger partial charge in [-0.15, -0.1) is 0 Å². The molecule has 0 bridgehead atoms. The van der Waals surface area contributed by atoms with Crippen LogP contribution in [-0.2, 0) is 16.0 Å². The summed E-state index contributed by atoms with van der Waals surface area (Å²) < 4.78 is 0. The predicted octanol–water partition coefficient (Wildman–Crippen LogP) is 3.80. The van der Waals surface area contributed by atoms with E-state index in [9.17, 15) is 14.7 Å². The summed E-state index contributed by atoms with van der Waals surface area (Å²) in [6.45, 7) is 0. The molecule has 1 fully saturated rings. The Labute approximate surface area is 147 Å². The van der Waals surface area contributed by atoms with E-state index >= 15 is 0 Å². The van der Waals surface area contributed by atoms with Crippen molar-refractivity contribution in [1.29, 1.82) is 0 Å². The first-order chi connectivity index (χ1) is 12.1. The minimum Gasteiger partial charge on any atom is -0.480 e. The number of hydrogen-bond donors (Lipinski definition) is 2. The molecule has 1 aliphatic carbocycles. The van der Waals surface area contributed by atoms with Gasteiger partial charge in [0.25, 0.3) is 0 Å². The summed E-state index contributed by atoms with van der Waals surface area (Å²) in [6, 6.07) is 17.9. The average Bonchev–Trinajstić information content (AvgIpc) is 2.63. The number of hydrogen-bond acceptors (Lipinski definition) is 2. The van der Waals surface area contributed by atoms with Crippen LogP contribution in [0.15, 0.2) is 54.6 Å². The topological polar surface area (TPSA) is 66.4 Å². The lowest BCUT2D eigenvalue weighted by molar-refractivity contribution is -0.149. The lowest BCUT2D eigenvalue weighted by atomic mass is 9.81. The summed E-state index contributed by atoms with van der Waals surface area (Å²) in [5.74, 6) is -1.14. The van der Waals surface area contributed by atoms with Crippen molar-refractivity contribution < 1.29 is 14.7 Å². The molecule has 25 heavy (non-hydrogen) atoms. The van der Waals surface area contributed by atoms with Crippen LogP contribution in [0.25, 0.3) is 11.1 Å². The molecule has 3 rings (SSSR count). The molecule has 2 N–H and O–H groups in total. The Bertz CT molecular complexity index is 731. The smallest absolute Gasteiger partial charge is 0.329 e. The maximum atomic E-state index is 12.4. The number of carboxylic acid groups (broad SMARTS) is 1. The minimum absolute atomic E-state index is 0.199. The lowest BCUT2D eigenvalue weighted by Gasteiger charge is -2.34. The van der Waals surface area contributed by atoms with Gasteiger partial charge in [0.1, 0.15) is 5.54 Å². The van der Waals surface area contributed by atoms with Crippen LogP contribution in [-0.4, -0.2) is 22.5 Å². The van der Waals surface area contributed by atoms with Crippen LogP contribution in [0, 0.1) is 0 Å². The van der Waals surface area contributed by atoms with Crippen LogP contribution in [0.2, 0.25) is 0 Å². The Morgan fingerprint density at radius 1 is 0.880 bits per heavy atom. The van der Waals surface area contributed by atoms with E-state index in [-0.39, 0.29) is 12.3 Å². The molecule has 4 heteroatoms. The highest BCUT2D eigenvalue weighted by molar-refractivity contribution is 5.88. The van der Waals surface area contributed by atoms with Gasteiger partial charge in [-0.05, 0) is 29.5 Å². The van der Waals surface area contributed by atoms with E-state index in [4.69, 9.17) is 0 Å². The van der Waals surface area contributed by atoms with Gasteiger partial charge in [0.05, 0.1) is 6.42 Å². The average molecular weight is 337 g/mol. The van der Waals surface area contributed by atoms with E-state index < -0.39 is 11.5 Å². The van der Waals surface area contributed by atoms with Crippen molar-refractivity contribution in [3.05, 3.63) is 60.2 Å². The van der Waals surface area contributed by atoms with E-state index in [0.29, 0.717) is 12.8 Å². The summed E-state index contributed by atoms with van der Waals surface area (Å²) in [7, 11) is 0. The zero-order valence-electron chi connectivity index (χ0n) is 14.2. The number of aliphatic carboxylic acids is 1. The highest BCUT2D eigenvalue weighted by atomic mass is 16.4. The Morgan fingerprint density at radius 2 is 1.48 bits per heavy atom. The first-order valence-electron chi connectivity index (χ1n) is 8.78. The molecule has 1 amide bonds. The van der Waals surface area contributed by atoms with Crippen LogP contribution in [0.1, 0.15) is 37.7 Å². The van der Waals surface area contributed by atoms with Crippen LogP contribution < -0.4 is 5.32 Å². The fourth-order valence-corrected chi connectivity index (χ4v) is 3.49. The molecule has 0 aliphatic heterocycles. The van der Waals surface area contributed by atoms with E-state index in [1.165, 1.54) is 0 Å². The summed E-state index contributed by atoms with van der Waals surface area (Å²) in [5.41, 5.74) is 2.03. The highest BCUT2D eigenvalue weighted by Gasteiger charge is 2.40. The van der Waals surface area contributed by atoms with E-state index in [2.05, 4.69) is 5.32 Å². The van der Waals surface area contributed by atoms with Gasteiger partial charge in [-0.3, -0.25) is 4.79 Å². The largest absolute Gasteiger partial charge is 0.480 e. The minimum atomic E-state index is -1.08. The molecule has 0 atom stereocenters. The Kier molecular flexibility index (Phi) is 5.17. The number of carboxylic acids is 1. The monoisotopic (exact) mass is 337 g/mol. The van der Waals surface area contributed by atoms with Crippen LogP contribution in [0.4, 0.5) is 0 Å². The molecular weight excluding hydrogens is 314 g/mol. The maximum absolute atomic E-state index is 12.4. The second-order valence-corrected chi connectivity index (χ2v) is 6.74. The number of carbonyl (C=O) groups is 2. The van der Waals surface area contributed by atoms with Gasteiger partial charge in [0.2, 0.25) is 5.91 Å². The van der Waals surface area contributed by atoms with Crippen molar-refractivity contribution in [3.8, 4) is 11.1 Å². The predicted molar refractivity (Wildman–Crippen MR) is 97.2 cm³/mol. The molecule has 130 valence electrons. The van der Waals surface area contributed by atoms with Crippen LogP contribution >= 0.6 is 0 Å². The Hall–Kier alpha value is -2.62. The molecule has 0 heterocycles. The zero-order valence-corrected chi connectivity index (χ0v) is 14.2. The van der Waals surface area contributed by atoms with Crippen LogP contribution in [0.3, 0.4) is 0 Å². The third-order valence-corrected chi connectivity index (χ3v) is 4.92. The van der Waals surface area contributed by atoms with Crippen molar-refractivity contribution in [3.63, 3.8) is 0 Å². The van der Waals surface area contributed by atoms with Gasteiger partial charge in [0, 0.05) is 0 Å². The number of benzene rings is 2. The van der Waals surface area contributed by atoms with E-state index in [0.717, 1.165) is 36.0 Å². The van der Waals surface area contributed by atoms with E-state index in [1.54, 1.807) is 0 Å². The van der Waals surface area contributed by atoms with Gasteiger partial charge in [0.15, 0.2) is 0 Å². The highest BCUT2D eigenvalue weighted by Crippen LogP contribution is 2.28. The third kappa shape index (κ3) is 4.08. The molecule has 4 nitrogen and oxygen atoms in total. The number of amides is 1. The van der Waals surface area contributed by atoms with Gasteiger partial charge in [-0.25, -0.2) is 4.79 Å². The second-order valence-electron chi connectivity index (χ2n) is 6.74. The van der Waals surface area contributed by atoms with Crippen molar-refractivity contribution in [2.45, 2.75) is 44.1 Å². The summed E-state index contributed by atoms with van der Waals surface area (Å²) in [4.78, 5) is 24.0. The second kappa shape index (κ2) is 7.51. The van der Waals surface area contributed by atoms with Crippen LogP contribution in [0.5, 0.6) is 0 Å². The molecule has 2 aromatic carbocycles. The molecule has 1 saturated carbocycles. The third-order valence-electron chi connectivity index (χ3n) is 4.92. The van der Waals surface area contributed by atoms with Crippen molar-refractivity contribution in [1.82, 2.24) is 5.32 Å². The van der Waals surface area contributed by atoms with E-state index in [1.807, 2.05) is 54.6 Å². The summed E-state index contributed by atoms with van der Waals surface area (Å²) in [5, 5.41) is 12.3. The molecule has 1 aliphatic rings. The van der Waals surface area contributed by atoms with Gasteiger partial charge in [-0.2, -0.15) is 0 Å². The Morgan fingerprint density at radius 3 is 2.08 bits per heavy atom. The normalized spacial score (nSPS) is 16.2. The SMILES string of the molecule is O=C(Cc1ccc(-c2ccccc2)cc1)NC1(C(=O)O)CCCCC1. The van der Waals surface area contributed by atoms with Gasteiger partial charge < -0.3 is 10.4 Å². The summed E-state index contributed by atoms with van der Waals surface area (Å²) >= 11 is 0. The maximum Gasteiger partial charge on any atom is 0.329 e. The Balaban J connectivity index is 1.65. The lowest BCUT2D eigenvalue weighted by Crippen LogP contribution is -2.55. The first-order valence-corrected chi connectivity index (χ1v) is 8.78. The molecule has 0 aromatic heterocycles. The summed E-state index contributed by atoms with van der Waals surface area (Å²) in [6.07, 6.45) is 3.95. The quantitative estimate of drug-likeness (QED) is 0.872. The van der Waals surface area contributed by atoms with Crippen molar-refractivity contribution in [2.75, 3.05) is 0 Å². The molecular formula is C21H23NO3. The molecule has 0 saturated heterocycles. The fourth-order valence-electron chi connectivity index (χ4n) is 3.49. The molecule has 0 spiro atoms. The molecule has 2 aromatic rings. The molecule has 0 unspecified atom stereocenters. The van der Waals surface area contributed by atoms with Gasteiger partial charge >= 0.3 is 5.97 Å². The first kappa shape index (κ1) is 17.2. The fraction of sp³-hybridized carbons (Fsp3) is 0.333. The number of nitrogens with one attached hydrogen (secondary N) is 1. The zero-order chi connectivity index (χ0) is 17.7. The van der Waals surface area contributed by atoms with Gasteiger partial charge in [-0.1, -0.05) is 73.9 Å². The standard InChI is InChI=1S/C21H23NO3/c23-19(22-21(20(24)25)13-5-2-6-14-21)15-16-9-11-18(12-10-16)17-7-3-1-4-8-17/h1,3-4,7-12H,2,5-6,13-15H2,(H,22,23)(H,24,25).